The van der Waals surface area contributed by atoms with Gasteiger partial charge in [-0.2, -0.15) is 0 Å². The summed E-state index contributed by atoms with van der Waals surface area (Å²) in [7, 11) is 1.59. The molecule has 0 unspecified atom stereocenters. The fourth-order valence-electron chi connectivity index (χ4n) is 2.27. The third-order valence-corrected chi connectivity index (χ3v) is 3.31. The quantitative estimate of drug-likeness (QED) is 0.893. The molecule has 0 heterocycles. The number of benzene rings is 1. The molecule has 18 heavy (non-hydrogen) atoms. The Balaban J connectivity index is 2.03. The zero-order valence-corrected chi connectivity index (χ0v) is 10.2. The highest BCUT2D eigenvalue weighted by Crippen LogP contribution is 2.26. The summed E-state index contributed by atoms with van der Waals surface area (Å²) < 4.78 is 26.4. The van der Waals surface area contributed by atoms with E-state index in [1.165, 1.54) is 4.90 Å². The number of nitrogens with zero attached hydrogens (tertiary/aromatic N) is 1. The maximum absolute atomic E-state index is 13.4. The second-order valence-electron chi connectivity index (χ2n) is 4.91. The average molecular weight is 254 g/mol. The molecule has 5 heteroatoms. The van der Waals surface area contributed by atoms with Gasteiger partial charge in [0.2, 0.25) is 0 Å². The van der Waals surface area contributed by atoms with E-state index in [1.54, 1.807) is 7.05 Å². The van der Waals surface area contributed by atoms with E-state index in [9.17, 15) is 13.6 Å². The SMILES string of the molecule is CN(CC1CC(N)C1)C(=O)c1cc(F)ccc1F. The molecular weight excluding hydrogens is 238 g/mol. The van der Waals surface area contributed by atoms with Crippen LogP contribution in [0.4, 0.5) is 8.78 Å². The second-order valence-corrected chi connectivity index (χ2v) is 4.91. The van der Waals surface area contributed by atoms with Gasteiger partial charge in [-0.05, 0) is 37.0 Å². The average Bonchev–Trinajstić information content (AvgIpc) is 2.29. The fourth-order valence-corrected chi connectivity index (χ4v) is 2.27. The van der Waals surface area contributed by atoms with Crippen molar-refractivity contribution in [2.24, 2.45) is 11.7 Å². The first-order chi connectivity index (χ1) is 8.47. The van der Waals surface area contributed by atoms with Crippen LogP contribution in [0.15, 0.2) is 18.2 Å². The fraction of sp³-hybridized carbons (Fsp3) is 0.462. The lowest BCUT2D eigenvalue weighted by Gasteiger charge is -2.35. The minimum atomic E-state index is -0.696. The maximum atomic E-state index is 13.4. The van der Waals surface area contributed by atoms with Gasteiger partial charge in [-0.25, -0.2) is 8.78 Å². The van der Waals surface area contributed by atoms with Crippen LogP contribution >= 0.6 is 0 Å². The molecule has 0 aromatic heterocycles. The van der Waals surface area contributed by atoms with Gasteiger partial charge in [0, 0.05) is 19.6 Å². The Labute approximate surface area is 105 Å². The Morgan fingerprint density at radius 1 is 1.44 bits per heavy atom. The van der Waals surface area contributed by atoms with Crippen LogP contribution in [-0.2, 0) is 0 Å². The Kier molecular flexibility index (Phi) is 3.61. The number of carbonyl (C=O) groups excluding carboxylic acids is 1. The summed E-state index contributed by atoms with van der Waals surface area (Å²) in [6, 6.07) is 3.11. The topological polar surface area (TPSA) is 46.3 Å². The van der Waals surface area contributed by atoms with Gasteiger partial charge >= 0.3 is 0 Å². The maximum Gasteiger partial charge on any atom is 0.256 e. The lowest BCUT2D eigenvalue weighted by Crippen LogP contribution is -2.43. The van der Waals surface area contributed by atoms with Crippen molar-refractivity contribution in [3.05, 3.63) is 35.4 Å². The lowest BCUT2D eigenvalue weighted by atomic mass is 9.80. The molecule has 1 aromatic carbocycles. The number of rotatable bonds is 3. The minimum Gasteiger partial charge on any atom is -0.341 e. The number of amides is 1. The first-order valence-electron chi connectivity index (χ1n) is 5.93. The molecule has 1 saturated carbocycles. The van der Waals surface area contributed by atoms with Crippen molar-refractivity contribution in [1.82, 2.24) is 4.90 Å². The van der Waals surface area contributed by atoms with Crippen molar-refractivity contribution in [1.29, 1.82) is 0 Å². The Hall–Kier alpha value is -1.49. The molecule has 1 amide bonds. The summed E-state index contributed by atoms with van der Waals surface area (Å²) in [6.45, 7) is 0.530. The van der Waals surface area contributed by atoms with Crippen LogP contribution in [-0.4, -0.2) is 30.4 Å². The number of hydrogen-bond acceptors (Lipinski definition) is 2. The first kappa shape index (κ1) is 13.0. The molecule has 2 rings (SSSR count). The van der Waals surface area contributed by atoms with Crippen LogP contribution in [0.3, 0.4) is 0 Å². The largest absolute Gasteiger partial charge is 0.341 e. The molecule has 2 N–H and O–H groups in total. The highest BCUT2D eigenvalue weighted by Gasteiger charge is 2.28. The lowest BCUT2D eigenvalue weighted by molar-refractivity contribution is 0.0729. The Bertz CT molecular complexity index is 458. The summed E-state index contributed by atoms with van der Waals surface area (Å²) in [4.78, 5) is 13.4. The van der Waals surface area contributed by atoms with Crippen molar-refractivity contribution < 1.29 is 13.6 Å². The second kappa shape index (κ2) is 5.02. The summed E-state index contributed by atoms with van der Waals surface area (Å²) in [6.07, 6.45) is 1.76. The Morgan fingerprint density at radius 2 is 2.11 bits per heavy atom. The van der Waals surface area contributed by atoms with Crippen LogP contribution in [0.1, 0.15) is 23.2 Å². The molecule has 0 saturated heterocycles. The number of carbonyl (C=O) groups is 1. The number of nitrogens with two attached hydrogens (primary N) is 1. The van der Waals surface area contributed by atoms with Crippen LogP contribution < -0.4 is 5.73 Å². The van der Waals surface area contributed by atoms with E-state index in [-0.39, 0.29) is 11.6 Å². The third kappa shape index (κ3) is 2.67. The van der Waals surface area contributed by atoms with Gasteiger partial charge in [0.05, 0.1) is 5.56 Å². The van der Waals surface area contributed by atoms with Crippen molar-refractivity contribution in [2.75, 3.05) is 13.6 Å². The van der Waals surface area contributed by atoms with Crippen molar-refractivity contribution in [2.45, 2.75) is 18.9 Å². The predicted octanol–water partition coefficient (Wildman–Crippen LogP) is 1.77. The van der Waals surface area contributed by atoms with E-state index in [2.05, 4.69) is 0 Å². The highest BCUT2D eigenvalue weighted by atomic mass is 19.1. The molecule has 0 atom stereocenters. The van der Waals surface area contributed by atoms with E-state index in [4.69, 9.17) is 5.73 Å². The molecule has 98 valence electrons. The summed E-state index contributed by atoms with van der Waals surface area (Å²) in [5.41, 5.74) is 5.44. The molecular formula is C13H16F2N2O. The highest BCUT2D eigenvalue weighted by molar-refractivity contribution is 5.94. The molecule has 1 aliphatic rings. The van der Waals surface area contributed by atoms with Crippen LogP contribution in [0.25, 0.3) is 0 Å². The van der Waals surface area contributed by atoms with E-state index in [0.717, 1.165) is 31.0 Å². The number of hydrogen-bond donors (Lipinski definition) is 1. The van der Waals surface area contributed by atoms with Gasteiger partial charge in [-0.3, -0.25) is 4.79 Å². The van der Waals surface area contributed by atoms with E-state index >= 15 is 0 Å². The van der Waals surface area contributed by atoms with Gasteiger partial charge in [0.15, 0.2) is 0 Å². The minimum absolute atomic E-state index is 0.212. The van der Waals surface area contributed by atoms with Crippen molar-refractivity contribution in [3.63, 3.8) is 0 Å². The van der Waals surface area contributed by atoms with Gasteiger partial charge in [-0.15, -0.1) is 0 Å². The zero-order chi connectivity index (χ0) is 13.3. The molecule has 0 spiro atoms. The molecule has 1 fully saturated rings. The van der Waals surface area contributed by atoms with Crippen LogP contribution in [0.5, 0.6) is 0 Å². The van der Waals surface area contributed by atoms with Crippen LogP contribution in [0.2, 0.25) is 0 Å². The normalized spacial score (nSPS) is 22.4. The monoisotopic (exact) mass is 254 g/mol. The predicted molar refractivity (Wildman–Crippen MR) is 64.0 cm³/mol. The molecule has 0 radical (unpaired) electrons. The van der Waals surface area contributed by atoms with Gasteiger partial charge in [0.25, 0.3) is 5.91 Å². The third-order valence-electron chi connectivity index (χ3n) is 3.31. The molecule has 0 bridgehead atoms. The van der Waals surface area contributed by atoms with Gasteiger partial charge in [0.1, 0.15) is 11.6 Å². The molecule has 3 nitrogen and oxygen atoms in total. The molecule has 1 aromatic rings. The van der Waals surface area contributed by atoms with Crippen molar-refractivity contribution in [3.8, 4) is 0 Å². The van der Waals surface area contributed by atoms with Gasteiger partial charge in [-0.1, -0.05) is 0 Å². The van der Waals surface area contributed by atoms with Gasteiger partial charge < -0.3 is 10.6 Å². The van der Waals surface area contributed by atoms with E-state index in [1.807, 2.05) is 0 Å². The Morgan fingerprint density at radius 3 is 2.72 bits per heavy atom. The van der Waals surface area contributed by atoms with E-state index in [0.29, 0.717) is 12.5 Å². The smallest absolute Gasteiger partial charge is 0.256 e. The standard InChI is InChI=1S/C13H16F2N2O/c1-17(7-8-4-10(16)5-8)13(18)11-6-9(14)2-3-12(11)15/h2-3,6,8,10H,4-5,7,16H2,1H3. The summed E-state index contributed by atoms with van der Waals surface area (Å²) in [5.74, 6) is -1.43. The molecule has 0 aliphatic heterocycles. The van der Waals surface area contributed by atoms with E-state index < -0.39 is 17.5 Å². The number of halogens is 2. The first-order valence-corrected chi connectivity index (χ1v) is 5.93. The van der Waals surface area contributed by atoms with Crippen LogP contribution in [0, 0.1) is 17.6 Å². The molecule has 1 aliphatic carbocycles. The summed E-state index contributed by atoms with van der Waals surface area (Å²) >= 11 is 0. The van der Waals surface area contributed by atoms with Crippen molar-refractivity contribution >= 4 is 5.91 Å². The zero-order valence-electron chi connectivity index (χ0n) is 10.2. The summed E-state index contributed by atoms with van der Waals surface area (Å²) in [5, 5.41) is 0.